The van der Waals surface area contributed by atoms with Gasteiger partial charge in [-0.25, -0.2) is 9.18 Å². The van der Waals surface area contributed by atoms with Crippen LogP contribution in [0.1, 0.15) is 33.6 Å². The van der Waals surface area contributed by atoms with E-state index < -0.39 is 11.3 Å². The first kappa shape index (κ1) is 16.5. The van der Waals surface area contributed by atoms with E-state index >= 15 is 0 Å². The molecule has 1 N–H and O–H groups in total. The van der Waals surface area contributed by atoms with Crippen molar-refractivity contribution in [1.82, 2.24) is 15.1 Å². The summed E-state index contributed by atoms with van der Waals surface area (Å²) in [6, 6.07) is 0. The highest BCUT2D eigenvalue weighted by Gasteiger charge is 2.38. The Bertz CT molecular complexity index is 356. The first-order valence-corrected chi connectivity index (χ1v) is 7.87. The number of halogens is 1. The number of rotatable bonds is 2. The SMILES string of the molecule is CC(C)(C)OC(=O)N1CCC(F)(CN2CCNCC2)CC1. The zero-order valence-electron chi connectivity index (χ0n) is 13.5. The van der Waals surface area contributed by atoms with Crippen LogP contribution in [0, 0.1) is 0 Å². The number of hydrogen-bond donors (Lipinski definition) is 1. The Morgan fingerprint density at radius 3 is 2.29 bits per heavy atom. The summed E-state index contributed by atoms with van der Waals surface area (Å²) in [6.07, 6.45) is 0.471. The zero-order chi connectivity index (χ0) is 15.5. The topological polar surface area (TPSA) is 44.8 Å². The van der Waals surface area contributed by atoms with Crippen molar-refractivity contribution in [1.29, 1.82) is 0 Å². The molecule has 0 radical (unpaired) electrons. The van der Waals surface area contributed by atoms with Gasteiger partial charge in [0.15, 0.2) is 0 Å². The molecule has 2 aliphatic rings. The van der Waals surface area contributed by atoms with E-state index in [2.05, 4.69) is 10.2 Å². The van der Waals surface area contributed by atoms with Gasteiger partial charge in [0.25, 0.3) is 0 Å². The highest BCUT2D eigenvalue weighted by atomic mass is 19.1. The van der Waals surface area contributed by atoms with Crippen LogP contribution in [-0.4, -0.2) is 73.0 Å². The zero-order valence-corrected chi connectivity index (χ0v) is 13.5. The predicted octanol–water partition coefficient (Wildman–Crippen LogP) is 1.63. The van der Waals surface area contributed by atoms with Gasteiger partial charge in [-0.1, -0.05) is 0 Å². The lowest BCUT2D eigenvalue weighted by molar-refractivity contribution is -0.00688. The van der Waals surface area contributed by atoms with Crippen LogP contribution in [0.2, 0.25) is 0 Å². The summed E-state index contributed by atoms with van der Waals surface area (Å²) in [5.41, 5.74) is -1.67. The second-order valence-electron chi connectivity index (χ2n) is 7.14. The van der Waals surface area contributed by atoms with Crippen LogP contribution in [-0.2, 0) is 4.74 Å². The van der Waals surface area contributed by atoms with Crippen molar-refractivity contribution in [2.45, 2.75) is 44.9 Å². The molecule has 0 aromatic rings. The van der Waals surface area contributed by atoms with Crippen LogP contribution in [0.25, 0.3) is 0 Å². The number of nitrogens with one attached hydrogen (secondary N) is 1. The quantitative estimate of drug-likeness (QED) is 0.842. The average Bonchev–Trinajstić information content (AvgIpc) is 2.38. The molecule has 1 amide bonds. The molecule has 6 heteroatoms. The van der Waals surface area contributed by atoms with E-state index in [0.29, 0.717) is 32.5 Å². The minimum atomic E-state index is -1.17. The van der Waals surface area contributed by atoms with E-state index in [4.69, 9.17) is 4.74 Å². The van der Waals surface area contributed by atoms with Crippen molar-refractivity contribution in [2.75, 3.05) is 45.8 Å². The second kappa shape index (κ2) is 6.48. The Balaban J connectivity index is 1.80. The summed E-state index contributed by atoms with van der Waals surface area (Å²) in [5.74, 6) is 0. The van der Waals surface area contributed by atoms with Crippen molar-refractivity contribution in [3.63, 3.8) is 0 Å². The van der Waals surface area contributed by atoms with Gasteiger partial charge in [-0.2, -0.15) is 0 Å². The monoisotopic (exact) mass is 301 g/mol. The Morgan fingerprint density at radius 1 is 1.19 bits per heavy atom. The second-order valence-corrected chi connectivity index (χ2v) is 7.14. The van der Waals surface area contributed by atoms with Gasteiger partial charge in [-0.15, -0.1) is 0 Å². The van der Waals surface area contributed by atoms with Crippen LogP contribution in [0.3, 0.4) is 0 Å². The summed E-state index contributed by atoms with van der Waals surface area (Å²) in [7, 11) is 0. The minimum absolute atomic E-state index is 0.327. The normalized spacial score (nSPS) is 23.9. The number of piperidine rings is 1. The fourth-order valence-corrected chi connectivity index (χ4v) is 2.84. The maximum absolute atomic E-state index is 14.9. The molecule has 122 valence electrons. The molecule has 0 aromatic carbocycles. The number of alkyl halides is 1. The van der Waals surface area contributed by atoms with E-state index in [1.807, 2.05) is 20.8 Å². The van der Waals surface area contributed by atoms with Gasteiger partial charge >= 0.3 is 6.09 Å². The third kappa shape index (κ3) is 5.11. The first-order chi connectivity index (χ1) is 9.77. The lowest BCUT2D eigenvalue weighted by Crippen LogP contribution is -2.53. The third-order valence-electron chi connectivity index (χ3n) is 4.03. The van der Waals surface area contributed by atoms with Crippen molar-refractivity contribution in [2.24, 2.45) is 0 Å². The Morgan fingerprint density at radius 2 is 1.76 bits per heavy atom. The number of likely N-dealkylation sites (tertiary alicyclic amines) is 1. The molecule has 0 atom stereocenters. The van der Waals surface area contributed by atoms with Crippen molar-refractivity contribution in [3.8, 4) is 0 Å². The number of nitrogens with zero attached hydrogens (tertiary/aromatic N) is 2. The number of ether oxygens (including phenoxy) is 1. The van der Waals surface area contributed by atoms with E-state index in [1.165, 1.54) is 0 Å². The van der Waals surface area contributed by atoms with Crippen LogP contribution in [0.5, 0.6) is 0 Å². The van der Waals surface area contributed by atoms with Gasteiger partial charge < -0.3 is 15.0 Å². The highest BCUT2D eigenvalue weighted by Crippen LogP contribution is 2.28. The van der Waals surface area contributed by atoms with Crippen LogP contribution in [0.15, 0.2) is 0 Å². The molecule has 2 saturated heterocycles. The van der Waals surface area contributed by atoms with E-state index in [-0.39, 0.29) is 6.09 Å². The molecule has 2 fully saturated rings. The van der Waals surface area contributed by atoms with Gasteiger partial charge in [0.1, 0.15) is 11.3 Å². The molecule has 0 spiro atoms. The molecule has 2 heterocycles. The Hall–Kier alpha value is -0.880. The molecule has 0 unspecified atom stereocenters. The lowest BCUT2D eigenvalue weighted by Gasteiger charge is -2.40. The number of hydrogen-bond acceptors (Lipinski definition) is 4. The molecular formula is C15H28FN3O2. The van der Waals surface area contributed by atoms with Crippen LogP contribution < -0.4 is 5.32 Å². The summed E-state index contributed by atoms with van der Waals surface area (Å²) in [6.45, 7) is 10.6. The van der Waals surface area contributed by atoms with E-state index in [9.17, 15) is 9.18 Å². The Labute approximate surface area is 126 Å². The number of amides is 1. The largest absolute Gasteiger partial charge is 0.444 e. The summed E-state index contributed by atoms with van der Waals surface area (Å²) in [4.78, 5) is 15.8. The molecule has 2 aliphatic heterocycles. The lowest BCUT2D eigenvalue weighted by atomic mass is 9.92. The summed E-state index contributed by atoms with van der Waals surface area (Å²) in [5, 5.41) is 3.27. The number of carbonyl (C=O) groups is 1. The third-order valence-corrected chi connectivity index (χ3v) is 4.03. The average molecular weight is 301 g/mol. The fourth-order valence-electron chi connectivity index (χ4n) is 2.84. The summed E-state index contributed by atoms with van der Waals surface area (Å²) < 4.78 is 20.2. The maximum atomic E-state index is 14.9. The molecule has 0 saturated carbocycles. The first-order valence-electron chi connectivity index (χ1n) is 7.87. The van der Waals surface area contributed by atoms with Crippen LogP contribution >= 0.6 is 0 Å². The molecule has 0 aliphatic carbocycles. The van der Waals surface area contributed by atoms with Gasteiger partial charge in [-0.05, 0) is 20.8 Å². The smallest absolute Gasteiger partial charge is 0.410 e. The van der Waals surface area contributed by atoms with Crippen LogP contribution in [0.4, 0.5) is 9.18 Å². The number of piperazine rings is 1. The molecule has 0 aromatic heterocycles. The standard InChI is InChI=1S/C15H28FN3O2/c1-14(2,3)21-13(20)19-8-4-15(16,5-9-19)12-18-10-6-17-7-11-18/h17H,4-12H2,1-3H3. The molecular weight excluding hydrogens is 273 g/mol. The van der Waals surface area contributed by atoms with E-state index in [0.717, 1.165) is 26.2 Å². The maximum Gasteiger partial charge on any atom is 0.410 e. The van der Waals surface area contributed by atoms with Gasteiger partial charge in [0.05, 0.1) is 0 Å². The highest BCUT2D eigenvalue weighted by molar-refractivity contribution is 5.68. The molecule has 2 rings (SSSR count). The summed E-state index contributed by atoms with van der Waals surface area (Å²) >= 11 is 0. The minimum Gasteiger partial charge on any atom is -0.444 e. The molecule has 21 heavy (non-hydrogen) atoms. The predicted molar refractivity (Wildman–Crippen MR) is 80.2 cm³/mol. The van der Waals surface area contributed by atoms with Gasteiger partial charge in [0, 0.05) is 58.7 Å². The van der Waals surface area contributed by atoms with Crippen molar-refractivity contribution >= 4 is 6.09 Å². The van der Waals surface area contributed by atoms with Crippen molar-refractivity contribution < 1.29 is 13.9 Å². The fraction of sp³-hybridized carbons (Fsp3) is 0.933. The van der Waals surface area contributed by atoms with E-state index in [1.54, 1.807) is 4.90 Å². The van der Waals surface area contributed by atoms with Gasteiger partial charge in [-0.3, -0.25) is 4.90 Å². The van der Waals surface area contributed by atoms with Gasteiger partial charge in [0.2, 0.25) is 0 Å². The number of carbonyl (C=O) groups excluding carboxylic acids is 1. The van der Waals surface area contributed by atoms with Crippen molar-refractivity contribution in [3.05, 3.63) is 0 Å². The molecule has 5 nitrogen and oxygen atoms in total. The molecule has 0 bridgehead atoms. The Kier molecular flexibility index (Phi) is 5.09.